The number of carbonyl (C=O) groups excluding carboxylic acids is 1. The van der Waals surface area contributed by atoms with Crippen LogP contribution < -0.4 is 10.6 Å². The lowest BCUT2D eigenvalue weighted by molar-refractivity contribution is 0.0949. The van der Waals surface area contributed by atoms with E-state index in [1.807, 2.05) is 13.1 Å². The summed E-state index contributed by atoms with van der Waals surface area (Å²) >= 11 is 5.99. The van der Waals surface area contributed by atoms with Gasteiger partial charge in [0, 0.05) is 39.0 Å². The third kappa shape index (κ3) is 3.27. The Morgan fingerprint density at radius 1 is 1.40 bits per heavy atom. The second-order valence-corrected chi connectivity index (χ2v) is 4.64. The van der Waals surface area contributed by atoms with Gasteiger partial charge in [0.2, 0.25) is 0 Å². The fourth-order valence-electron chi connectivity index (χ4n) is 1.77. The molecular formula is C13H16ClN5O. The van der Waals surface area contributed by atoms with Gasteiger partial charge in [-0.25, -0.2) is 4.98 Å². The standard InChI is InChI=1S/C13H16ClN5O/c1-15-11-4-3-10(14)12(18-11)13(20)16-7-5-9-6-8-17-19(9)2/h3-4,6,8H,5,7H2,1-2H3,(H,15,18)(H,16,20). The number of amides is 1. The topological polar surface area (TPSA) is 71.8 Å². The Kier molecular flexibility index (Phi) is 4.57. The molecule has 2 N–H and O–H groups in total. The van der Waals surface area contributed by atoms with E-state index in [0.717, 1.165) is 5.69 Å². The molecule has 0 aliphatic rings. The average Bonchev–Trinajstić information content (AvgIpc) is 2.85. The minimum atomic E-state index is -0.283. The van der Waals surface area contributed by atoms with Crippen LogP contribution >= 0.6 is 11.6 Å². The number of halogens is 1. The van der Waals surface area contributed by atoms with Crippen molar-refractivity contribution in [2.75, 3.05) is 18.9 Å². The van der Waals surface area contributed by atoms with Crippen LogP contribution in [0.15, 0.2) is 24.4 Å². The molecule has 2 aromatic heterocycles. The summed E-state index contributed by atoms with van der Waals surface area (Å²) in [6.45, 7) is 0.500. The molecule has 1 amide bonds. The second kappa shape index (κ2) is 6.38. The molecule has 0 aliphatic carbocycles. The summed E-state index contributed by atoms with van der Waals surface area (Å²) in [5.74, 6) is 0.320. The zero-order valence-corrected chi connectivity index (χ0v) is 12.1. The highest BCUT2D eigenvalue weighted by Crippen LogP contribution is 2.16. The molecule has 7 heteroatoms. The molecule has 2 rings (SSSR count). The molecule has 106 valence electrons. The zero-order valence-electron chi connectivity index (χ0n) is 11.4. The van der Waals surface area contributed by atoms with Gasteiger partial charge < -0.3 is 10.6 Å². The van der Waals surface area contributed by atoms with Gasteiger partial charge in [0.15, 0.2) is 0 Å². The van der Waals surface area contributed by atoms with Crippen LogP contribution in [0.5, 0.6) is 0 Å². The summed E-state index contributed by atoms with van der Waals surface area (Å²) < 4.78 is 1.78. The van der Waals surface area contributed by atoms with Crippen molar-refractivity contribution in [3.05, 3.63) is 40.8 Å². The van der Waals surface area contributed by atoms with Gasteiger partial charge in [-0.1, -0.05) is 11.6 Å². The van der Waals surface area contributed by atoms with Gasteiger partial charge in [0.05, 0.1) is 5.02 Å². The monoisotopic (exact) mass is 293 g/mol. The lowest BCUT2D eigenvalue weighted by Crippen LogP contribution is -2.27. The SMILES string of the molecule is CNc1ccc(Cl)c(C(=O)NCCc2ccnn2C)n1. The molecule has 0 fully saturated rings. The third-order valence-electron chi connectivity index (χ3n) is 2.91. The molecule has 2 heterocycles. The second-order valence-electron chi connectivity index (χ2n) is 4.23. The van der Waals surface area contributed by atoms with E-state index in [1.54, 1.807) is 30.1 Å². The van der Waals surface area contributed by atoms with Crippen LogP contribution in [0.4, 0.5) is 5.82 Å². The van der Waals surface area contributed by atoms with Crippen molar-refractivity contribution in [3.63, 3.8) is 0 Å². The number of nitrogens with zero attached hydrogens (tertiary/aromatic N) is 3. The Bertz CT molecular complexity index is 611. The van der Waals surface area contributed by atoms with E-state index < -0.39 is 0 Å². The summed E-state index contributed by atoms with van der Waals surface area (Å²) in [5.41, 5.74) is 1.27. The van der Waals surface area contributed by atoms with Crippen LogP contribution in [-0.4, -0.2) is 34.3 Å². The predicted octanol–water partition coefficient (Wildman–Crippen LogP) is 1.48. The van der Waals surface area contributed by atoms with Gasteiger partial charge in [-0.05, 0) is 18.2 Å². The van der Waals surface area contributed by atoms with Crippen molar-refractivity contribution in [2.24, 2.45) is 7.05 Å². The summed E-state index contributed by atoms with van der Waals surface area (Å²) in [7, 11) is 3.60. The number of rotatable bonds is 5. The molecule has 20 heavy (non-hydrogen) atoms. The number of hydrogen-bond donors (Lipinski definition) is 2. The highest BCUT2D eigenvalue weighted by Gasteiger charge is 2.12. The first kappa shape index (κ1) is 14.3. The van der Waals surface area contributed by atoms with Gasteiger partial charge in [0.25, 0.3) is 5.91 Å². The molecular weight excluding hydrogens is 278 g/mol. The van der Waals surface area contributed by atoms with Crippen LogP contribution in [0.3, 0.4) is 0 Å². The quantitative estimate of drug-likeness (QED) is 0.876. The fourth-order valence-corrected chi connectivity index (χ4v) is 1.97. The maximum Gasteiger partial charge on any atom is 0.271 e. The van der Waals surface area contributed by atoms with Crippen LogP contribution in [0.25, 0.3) is 0 Å². The number of pyridine rings is 1. The zero-order chi connectivity index (χ0) is 14.5. The van der Waals surface area contributed by atoms with Crippen molar-refractivity contribution in [2.45, 2.75) is 6.42 Å². The smallest absolute Gasteiger partial charge is 0.271 e. The number of aromatic nitrogens is 3. The Hall–Kier alpha value is -2.08. The number of aryl methyl sites for hydroxylation is 1. The Morgan fingerprint density at radius 2 is 2.20 bits per heavy atom. The Labute approximate surface area is 122 Å². The van der Waals surface area contributed by atoms with Gasteiger partial charge in [0.1, 0.15) is 11.5 Å². The van der Waals surface area contributed by atoms with E-state index in [2.05, 4.69) is 20.7 Å². The van der Waals surface area contributed by atoms with E-state index >= 15 is 0 Å². The predicted molar refractivity (Wildman–Crippen MR) is 78.0 cm³/mol. The minimum Gasteiger partial charge on any atom is -0.373 e. The summed E-state index contributed by atoms with van der Waals surface area (Å²) in [6.07, 6.45) is 2.43. The van der Waals surface area contributed by atoms with Crippen molar-refractivity contribution in [1.82, 2.24) is 20.1 Å². The normalized spacial score (nSPS) is 10.3. The molecule has 0 aliphatic heterocycles. The lowest BCUT2D eigenvalue weighted by Gasteiger charge is -2.08. The highest BCUT2D eigenvalue weighted by molar-refractivity contribution is 6.33. The van der Waals surface area contributed by atoms with E-state index in [0.29, 0.717) is 23.8 Å². The van der Waals surface area contributed by atoms with Gasteiger partial charge >= 0.3 is 0 Å². The molecule has 0 saturated heterocycles. The average molecular weight is 294 g/mol. The molecule has 0 aromatic carbocycles. The van der Waals surface area contributed by atoms with Crippen LogP contribution in [0.2, 0.25) is 5.02 Å². The highest BCUT2D eigenvalue weighted by atomic mass is 35.5. The number of carbonyl (C=O) groups is 1. The summed E-state index contributed by atoms with van der Waals surface area (Å²) in [5, 5.41) is 10.1. The van der Waals surface area contributed by atoms with E-state index in [-0.39, 0.29) is 11.6 Å². The molecule has 0 atom stereocenters. The fraction of sp³-hybridized carbons (Fsp3) is 0.308. The lowest BCUT2D eigenvalue weighted by atomic mass is 10.3. The van der Waals surface area contributed by atoms with E-state index in [9.17, 15) is 4.79 Å². The molecule has 0 spiro atoms. The first-order valence-electron chi connectivity index (χ1n) is 6.21. The van der Waals surface area contributed by atoms with Crippen molar-refractivity contribution < 1.29 is 4.79 Å². The van der Waals surface area contributed by atoms with Crippen LogP contribution in [0.1, 0.15) is 16.2 Å². The van der Waals surface area contributed by atoms with Crippen molar-refractivity contribution in [3.8, 4) is 0 Å². The van der Waals surface area contributed by atoms with E-state index in [1.165, 1.54) is 0 Å². The molecule has 6 nitrogen and oxygen atoms in total. The maximum atomic E-state index is 12.0. The third-order valence-corrected chi connectivity index (χ3v) is 3.21. The Morgan fingerprint density at radius 3 is 2.85 bits per heavy atom. The first-order chi connectivity index (χ1) is 9.61. The molecule has 0 unspecified atom stereocenters. The number of hydrogen-bond acceptors (Lipinski definition) is 4. The maximum absolute atomic E-state index is 12.0. The molecule has 0 saturated carbocycles. The van der Waals surface area contributed by atoms with Gasteiger partial charge in [-0.15, -0.1) is 0 Å². The summed E-state index contributed by atoms with van der Waals surface area (Å²) in [4.78, 5) is 16.2. The van der Waals surface area contributed by atoms with Gasteiger partial charge in [-0.3, -0.25) is 9.48 Å². The van der Waals surface area contributed by atoms with Crippen molar-refractivity contribution >= 4 is 23.3 Å². The largest absolute Gasteiger partial charge is 0.373 e. The number of nitrogens with one attached hydrogen (secondary N) is 2. The van der Waals surface area contributed by atoms with Gasteiger partial charge in [-0.2, -0.15) is 5.10 Å². The first-order valence-corrected chi connectivity index (χ1v) is 6.59. The van der Waals surface area contributed by atoms with Crippen LogP contribution in [-0.2, 0) is 13.5 Å². The molecule has 2 aromatic rings. The summed E-state index contributed by atoms with van der Waals surface area (Å²) in [6, 6.07) is 5.28. The number of anilines is 1. The molecule has 0 radical (unpaired) electrons. The molecule has 0 bridgehead atoms. The minimum absolute atomic E-state index is 0.225. The van der Waals surface area contributed by atoms with E-state index in [4.69, 9.17) is 11.6 Å². The van der Waals surface area contributed by atoms with Crippen LogP contribution in [0, 0.1) is 0 Å². The Balaban J connectivity index is 1.96. The van der Waals surface area contributed by atoms with Crippen molar-refractivity contribution in [1.29, 1.82) is 0 Å².